The zero-order valence-corrected chi connectivity index (χ0v) is 10.9. The molecule has 2 rings (SSSR count). The average Bonchev–Trinajstić information content (AvgIpc) is 2.89. The van der Waals surface area contributed by atoms with Crippen molar-refractivity contribution in [3.05, 3.63) is 5.82 Å². The maximum Gasteiger partial charge on any atom is 0.204 e. The van der Waals surface area contributed by atoms with Crippen LogP contribution in [0.25, 0.3) is 0 Å². The fraction of sp³-hybridized carbons (Fsp3) is 0.818. The maximum absolute atomic E-state index is 4.55. The second-order valence-electron chi connectivity index (χ2n) is 4.42. The van der Waals surface area contributed by atoms with Gasteiger partial charge in [-0.25, -0.2) is 4.98 Å². The Hall–Kier alpha value is -0.680. The van der Waals surface area contributed by atoms with Gasteiger partial charge in [-0.2, -0.15) is 4.37 Å². The zero-order chi connectivity index (χ0) is 11.4. The van der Waals surface area contributed by atoms with Gasteiger partial charge in [0.05, 0.1) is 0 Å². The molecule has 0 bridgehead atoms. The molecule has 1 aliphatic heterocycles. The average molecular weight is 240 g/mol. The van der Waals surface area contributed by atoms with Gasteiger partial charge in [0.15, 0.2) is 0 Å². The number of likely N-dealkylation sites (N-methyl/N-ethyl adjacent to an activating group) is 1. The number of hydrogen-bond acceptors (Lipinski definition) is 5. The van der Waals surface area contributed by atoms with E-state index < -0.39 is 0 Å². The summed E-state index contributed by atoms with van der Waals surface area (Å²) >= 11 is 1.52. The van der Waals surface area contributed by atoms with Crippen LogP contribution in [0.2, 0.25) is 0 Å². The van der Waals surface area contributed by atoms with Gasteiger partial charge in [-0.1, -0.05) is 6.92 Å². The third-order valence-electron chi connectivity index (χ3n) is 2.91. The lowest BCUT2D eigenvalue weighted by atomic mass is 10.2. The summed E-state index contributed by atoms with van der Waals surface area (Å²) in [6.45, 7) is 4.36. The van der Waals surface area contributed by atoms with E-state index in [9.17, 15) is 0 Å². The fourth-order valence-electron chi connectivity index (χ4n) is 2.05. The number of anilines is 1. The number of aryl methyl sites for hydroxylation is 1. The molecule has 90 valence electrons. The van der Waals surface area contributed by atoms with Crippen LogP contribution in [-0.2, 0) is 6.42 Å². The van der Waals surface area contributed by atoms with E-state index in [1.807, 2.05) is 0 Å². The maximum atomic E-state index is 4.55. The number of aromatic nitrogens is 2. The summed E-state index contributed by atoms with van der Waals surface area (Å²) in [4.78, 5) is 6.77. The highest BCUT2D eigenvalue weighted by molar-refractivity contribution is 7.09. The summed E-state index contributed by atoms with van der Waals surface area (Å²) in [5.41, 5.74) is 0. The third kappa shape index (κ3) is 2.92. The third-order valence-corrected chi connectivity index (χ3v) is 3.78. The van der Waals surface area contributed by atoms with E-state index in [0.717, 1.165) is 36.9 Å². The molecular weight excluding hydrogens is 220 g/mol. The molecule has 0 radical (unpaired) electrons. The van der Waals surface area contributed by atoms with Gasteiger partial charge in [-0.05, 0) is 25.8 Å². The van der Waals surface area contributed by atoms with Crippen LogP contribution in [0.3, 0.4) is 0 Å². The summed E-state index contributed by atoms with van der Waals surface area (Å²) in [5.74, 6) is 0.994. The first-order valence-corrected chi connectivity index (χ1v) is 6.84. The van der Waals surface area contributed by atoms with Gasteiger partial charge < -0.3 is 10.2 Å². The van der Waals surface area contributed by atoms with E-state index in [0.29, 0.717) is 6.04 Å². The molecule has 1 saturated heterocycles. The highest BCUT2D eigenvalue weighted by Crippen LogP contribution is 2.18. The fourth-order valence-corrected chi connectivity index (χ4v) is 2.73. The van der Waals surface area contributed by atoms with Crippen molar-refractivity contribution < 1.29 is 0 Å². The van der Waals surface area contributed by atoms with E-state index in [2.05, 4.69) is 33.5 Å². The van der Waals surface area contributed by atoms with Crippen molar-refractivity contribution in [2.24, 2.45) is 0 Å². The molecule has 1 unspecified atom stereocenters. The van der Waals surface area contributed by atoms with E-state index in [-0.39, 0.29) is 0 Å². The molecule has 1 aliphatic rings. The second kappa shape index (κ2) is 5.59. The quantitative estimate of drug-likeness (QED) is 0.850. The molecule has 1 N–H and O–H groups in total. The SMILES string of the molecule is CCCc1nsc(N(C)CC2CCCN2)n1. The zero-order valence-electron chi connectivity index (χ0n) is 10.1. The van der Waals surface area contributed by atoms with Crippen LogP contribution in [0.4, 0.5) is 5.13 Å². The molecule has 0 spiro atoms. The lowest BCUT2D eigenvalue weighted by Crippen LogP contribution is -2.35. The number of nitrogens with zero attached hydrogens (tertiary/aromatic N) is 3. The lowest BCUT2D eigenvalue weighted by Gasteiger charge is -2.19. The predicted octanol–water partition coefficient (Wildman–Crippen LogP) is 1.68. The molecule has 0 aromatic carbocycles. The van der Waals surface area contributed by atoms with E-state index in [4.69, 9.17) is 0 Å². The summed E-state index contributed by atoms with van der Waals surface area (Å²) in [6, 6.07) is 0.628. The molecule has 1 fully saturated rings. The Morgan fingerprint density at radius 1 is 1.56 bits per heavy atom. The molecule has 16 heavy (non-hydrogen) atoms. The highest BCUT2D eigenvalue weighted by atomic mass is 32.1. The van der Waals surface area contributed by atoms with E-state index in [1.165, 1.54) is 24.4 Å². The van der Waals surface area contributed by atoms with Crippen molar-refractivity contribution in [2.45, 2.75) is 38.6 Å². The largest absolute Gasteiger partial charge is 0.348 e. The Labute approximate surface area is 101 Å². The van der Waals surface area contributed by atoms with Crippen LogP contribution < -0.4 is 10.2 Å². The first-order valence-electron chi connectivity index (χ1n) is 6.06. The minimum Gasteiger partial charge on any atom is -0.348 e. The van der Waals surface area contributed by atoms with Crippen LogP contribution >= 0.6 is 11.5 Å². The van der Waals surface area contributed by atoms with Gasteiger partial charge in [0.2, 0.25) is 5.13 Å². The van der Waals surface area contributed by atoms with E-state index in [1.54, 1.807) is 0 Å². The predicted molar refractivity (Wildman–Crippen MR) is 68.2 cm³/mol. The summed E-state index contributed by atoms with van der Waals surface area (Å²) in [6.07, 6.45) is 4.69. The first-order chi connectivity index (χ1) is 7.79. The van der Waals surface area contributed by atoms with Gasteiger partial charge >= 0.3 is 0 Å². The summed E-state index contributed by atoms with van der Waals surface area (Å²) in [5, 5.41) is 4.56. The van der Waals surface area contributed by atoms with Crippen molar-refractivity contribution in [2.75, 3.05) is 25.0 Å². The standard InChI is InChI=1S/C11H20N4S/c1-3-5-10-13-11(16-14-10)15(2)8-9-6-4-7-12-9/h9,12H,3-8H2,1-2H3. The molecule has 0 aliphatic carbocycles. The molecule has 1 atom stereocenters. The monoisotopic (exact) mass is 240 g/mol. The van der Waals surface area contributed by atoms with Crippen molar-refractivity contribution in [3.8, 4) is 0 Å². The topological polar surface area (TPSA) is 41.1 Å². The Kier molecular flexibility index (Phi) is 4.12. The molecular formula is C11H20N4S. The molecule has 5 heteroatoms. The lowest BCUT2D eigenvalue weighted by molar-refractivity contribution is 0.599. The molecule has 1 aromatic rings. The van der Waals surface area contributed by atoms with Gasteiger partial charge in [-0.15, -0.1) is 0 Å². The van der Waals surface area contributed by atoms with Crippen LogP contribution in [-0.4, -0.2) is 35.5 Å². The smallest absolute Gasteiger partial charge is 0.204 e. The van der Waals surface area contributed by atoms with E-state index >= 15 is 0 Å². The summed E-state index contributed by atoms with van der Waals surface area (Å²) < 4.78 is 4.37. The van der Waals surface area contributed by atoms with Crippen LogP contribution in [0.1, 0.15) is 32.0 Å². The minimum absolute atomic E-state index is 0.628. The number of hydrogen-bond donors (Lipinski definition) is 1. The van der Waals surface area contributed by atoms with Crippen molar-refractivity contribution >= 4 is 16.7 Å². The molecule has 2 heterocycles. The first kappa shape index (κ1) is 11.8. The van der Waals surface area contributed by atoms with Gasteiger partial charge in [0.1, 0.15) is 5.82 Å². The Bertz CT molecular complexity index is 320. The Morgan fingerprint density at radius 3 is 3.12 bits per heavy atom. The molecule has 0 saturated carbocycles. The molecule has 4 nitrogen and oxygen atoms in total. The number of rotatable bonds is 5. The highest BCUT2D eigenvalue weighted by Gasteiger charge is 2.17. The van der Waals surface area contributed by atoms with Gasteiger partial charge in [0.25, 0.3) is 0 Å². The number of nitrogens with one attached hydrogen (secondary N) is 1. The van der Waals surface area contributed by atoms with Gasteiger partial charge in [0, 0.05) is 37.6 Å². The Morgan fingerprint density at radius 2 is 2.44 bits per heavy atom. The van der Waals surface area contributed by atoms with Crippen molar-refractivity contribution in [1.82, 2.24) is 14.7 Å². The summed E-state index contributed by atoms with van der Waals surface area (Å²) in [7, 11) is 2.11. The Balaban J connectivity index is 1.89. The van der Waals surface area contributed by atoms with Crippen molar-refractivity contribution in [3.63, 3.8) is 0 Å². The second-order valence-corrected chi connectivity index (χ2v) is 5.15. The van der Waals surface area contributed by atoms with Crippen LogP contribution in [0.15, 0.2) is 0 Å². The normalized spacial score (nSPS) is 20.2. The van der Waals surface area contributed by atoms with Crippen LogP contribution in [0.5, 0.6) is 0 Å². The van der Waals surface area contributed by atoms with Crippen LogP contribution in [0, 0.1) is 0 Å². The van der Waals surface area contributed by atoms with Crippen molar-refractivity contribution in [1.29, 1.82) is 0 Å². The van der Waals surface area contributed by atoms with Gasteiger partial charge in [-0.3, -0.25) is 0 Å². The molecule has 1 aromatic heterocycles. The minimum atomic E-state index is 0.628. The molecule has 0 amide bonds.